The van der Waals surface area contributed by atoms with Crippen molar-refractivity contribution in [2.45, 2.75) is 31.6 Å². The van der Waals surface area contributed by atoms with Gasteiger partial charge in [0.2, 0.25) is 0 Å². The Bertz CT molecular complexity index is 1230. The summed E-state index contributed by atoms with van der Waals surface area (Å²) in [6.07, 6.45) is 1.85. The van der Waals surface area contributed by atoms with Crippen LogP contribution in [0.3, 0.4) is 0 Å². The molecule has 2 aromatic carbocycles. The maximum absolute atomic E-state index is 12.9. The number of carbonyl (C=O) groups excluding carboxylic acids is 3. The zero-order chi connectivity index (χ0) is 25.2. The lowest BCUT2D eigenvalue weighted by Gasteiger charge is -2.35. The minimum absolute atomic E-state index is 0.177. The van der Waals surface area contributed by atoms with Crippen molar-refractivity contribution in [3.63, 3.8) is 0 Å². The fourth-order valence-corrected chi connectivity index (χ4v) is 5.41. The van der Waals surface area contributed by atoms with Crippen LogP contribution in [-0.4, -0.2) is 80.1 Å². The van der Waals surface area contributed by atoms with E-state index in [0.717, 1.165) is 24.0 Å². The van der Waals surface area contributed by atoms with E-state index in [1.54, 1.807) is 52.3 Å². The first kappa shape index (κ1) is 24.7. The molecule has 0 radical (unpaired) electrons. The summed E-state index contributed by atoms with van der Waals surface area (Å²) in [6.45, 7) is 6.30. The minimum atomic E-state index is -3.75. The molecule has 1 N–H and O–H groups in total. The van der Waals surface area contributed by atoms with Gasteiger partial charge < -0.3 is 14.7 Å². The Morgan fingerprint density at radius 1 is 0.714 bits per heavy atom. The third-order valence-corrected chi connectivity index (χ3v) is 7.98. The number of nitrogens with one attached hydrogen (secondary N) is 1. The van der Waals surface area contributed by atoms with Crippen molar-refractivity contribution >= 4 is 33.4 Å². The molecule has 0 aromatic heterocycles. The van der Waals surface area contributed by atoms with E-state index in [4.69, 9.17) is 0 Å². The fraction of sp³-hybridized carbons (Fsp3) is 0.400. The first-order valence-corrected chi connectivity index (χ1v) is 13.2. The van der Waals surface area contributed by atoms with Crippen LogP contribution in [0.2, 0.25) is 0 Å². The third kappa shape index (κ3) is 5.48. The second kappa shape index (κ2) is 10.1. The topological polar surface area (TPSA) is 107 Å². The summed E-state index contributed by atoms with van der Waals surface area (Å²) in [5.41, 5.74) is 2.67. The van der Waals surface area contributed by atoms with Crippen LogP contribution in [0.15, 0.2) is 47.4 Å². The van der Waals surface area contributed by atoms with Gasteiger partial charge in [0.1, 0.15) is 0 Å². The number of likely N-dealkylation sites (tertiary alicyclic amines) is 1. The summed E-state index contributed by atoms with van der Waals surface area (Å²) >= 11 is 0. The summed E-state index contributed by atoms with van der Waals surface area (Å²) in [6, 6.07) is 11.2. The van der Waals surface area contributed by atoms with Crippen LogP contribution in [-0.2, 0) is 19.6 Å². The summed E-state index contributed by atoms with van der Waals surface area (Å²) in [5.74, 6) is -1.16. The van der Waals surface area contributed by atoms with Gasteiger partial charge in [-0.15, -0.1) is 0 Å². The lowest BCUT2D eigenvalue weighted by Crippen LogP contribution is -2.54. The molecule has 35 heavy (non-hydrogen) atoms. The summed E-state index contributed by atoms with van der Waals surface area (Å²) in [5, 5.41) is 0. The Balaban J connectivity index is 1.34. The molecule has 2 aliphatic rings. The van der Waals surface area contributed by atoms with E-state index >= 15 is 0 Å². The highest BCUT2D eigenvalue weighted by molar-refractivity contribution is 7.92. The first-order chi connectivity index (χ1) is 16.7. The van der Waals surface area contributed by atoms with Crippen LogP contribution in [0.4, 0.5) is 5.69 Å². The zero-order valence-corrected chi connectivity index (χ0v) is 20.8. The highest BCUT2D eigenvalue weighted by atomic mass is 32.2. The molecule has 2 aliphatic heterocycles. The number of hydrogen-bond donors (Lipinski definition) is 1. The molecule has 0 unspecified atom stereocenters. The standard InChI is InChI=1S/C25H30N4O5S/c1-18-5-10-22(17-19(18)2)35(33,34)26-21-8-6-20(7-9-21)23(30)28-13-15-29(16-14-28)25(32)24(31)27-11-3-4-12-27/h5-10,17,26H,3-4,11-16H2,1-2H3. The van der Waals surface area contributed by atoms with E-state index in [2.05, 4.69) is 4.72 Å². The number of amides is 3. The molecule has 186 valence electrons. The van der Waals surface area contributed by atoms with Crippen LogP contribution in [0, 0.1) is 13.8 Å². The van der Waals surface area contributed by atoms with Gasteiger partial charge in [-0.2, -0.15) is 0 Å². The molecule has 2 saturated heterocycles. The second-order valence-electron chi connectivity index (χ2n) is 9.01. The average Bonchev–Trinajstić information content (AvgIpc) is 3.40. The van der Waals surface area contributed by atoms with Crippen LogP contribution >= 0.6 is 0 Å². The van der Waals surface area contributed by atoms with E-state index < -0.39 is 21.8 Å². The van der Waals surface area contributed by atoms with E-state index in [-0.39, 0.29) is 10.8 Å². The van der Waals surface area contributed by atoms with Crippen LogP contribution in [0.5, 0.6) is 0 Å². The molecular weight excluding hydrogens is 468 g/mol. The van der Waals surface area contributed by atoms with E-state index in [1.165, 1.54) is 4.90 Å². The molecule has 0 aliphatic carbocycles. The molecule has 2 fully saturated rings. The molecule has 0 spiro atoms. The molecule has 4 rings (SSSR count). The number of anilines is 1. The Kier molecular flexibility index (Phi) is 7.11. The van der Waals surface area contributed by atoms with Crippen molar-refractivity contribution in [1.29, 1.82) is 0 Å². The molecular formula is C25H30N4O5S. The van der Waals surface area contributed by atoms with Crippen molar-refractivity contribution in [3.8, 4) is 0 Å². The number of rotatable bonds is 4. The van der Waals surface area contributed by atoms with E-state index in [1.807, 2.05) is 13.8 Å². The number of piperazine rings is 1. The summed E-state index contributed by atoms with van der Waals surface area (Å²) < 4.78 is 28.0. The Hall–Kier alpha value is -3.40. The number of nitrogens with zero attached hydrogens (tertiary/aromatic N) is 3. The van der Waals surface area contributed by atoms with Gasteiger partial charge in [-0.25, -0.2) is 8.42 Å². The van der Waals surface area contributed by atoms with Gasteiger partial charge in [0.25, 0.3) is 15.9 Å². The number of aryl methyl sites for hydroxylation is 2. The number of benzene rings is 2. The minimum Gasteiger partial charge on any atom is -0.335 e. The van der Waals surface area contributed by atoms with Gasteiger partial charge in [0.15, 0.2) is 0 Å². The predicted molar refractivity (Wildman–Crippen MR) is 131 cm³/mol. The molecule has 2 aromatic rings. The smallest absolute Gasteiger partial charge is 0.312 e. The average molecular weight is 499 g/mol. The molecule has 2 heterocycles. The summed E-state index contributed by atoms with van der Waals surface area (Å²) in [7, 11) is -3.75. The predicted octanol–water partition coefficient (Wildman–Crippen LogP) is 2.01. The van der Waals surface area contributed by atoms with Crippen molar-refractivity contribution in [1.82, 2.24) is 14.7 Å². The maximum Gasteiger partial charge on any atom is 0.312 e. The van der Waals surface area contributed by atoms with Gasteiger partial charge in [-0.1, -0.05) is 6.07 Å². The van der Waals surface area contributed by atoms with Crippen LogP contribution in [0.25, 0.3) is 0 Å². The van der Waals surface area contributed by atoms with E-state index in [0.29, 0.717) is 50.5 Å². The highest BCUT2D eigenvalue weighted by Crippen LogP contribution is 2.20. The Morgan fingerprint density at radius 3 is 1.83 bits per heavy atom. The first-order valence-electron chi connectivity index (χ1n) is 11.7. The van der Waals surface area contributed by atoms with Crippen LogP contribution < -0.4 is 4.72 Å². The maximum atomic E-state index is 12.9. The highest BCUT2D eigenvalue weighted by Gasteiger charge is 2.32. The monoisotopic (exact) mass is 498 g/mol. The lowest BCUT2D eigenvalue weighted by molar-refractivity contribution is -0.152. The Morgan fingerprint density at radius 2 is 1.26 bits per heavy atom. The zero-order valence-electron chi connectivity index (χ0n) is 20.0. The second-order valence-corrected chi connectivity index (χ2v) is 10.7. The van der Waals surface area contributed by atoms with Crippen molar-refractivity contribution in [2.75, 3.05) is 44.0 Å². The molecule has 0 saturated carbocycles. The van der Waals surface area contributed by atoms with Gasteiger partial charge in [0.05, 0.1) is 4.90 Å². The van der Waals surface area contributed by atoms with Crippen molar-refractivity contribution in [2.24, 2.45) is 0 Å². The fourth-order valence-electron chi connectivity index (χ4n) is 4.26. The lowest BCUT2D eigenvalue weighted by atomic mass is 10.1. The van der Waals surface area contributed by atoms with Gasteiger partial charge >= 0.3 is 11.8 Å². The molecule has 3 amide bonds. The quantitative estimate of drug-likeness (QED) is 0.649. The summed E-state index contributed by atoms with van der Waals surface area (Å²) in [4.78, 5) is 42.7. The molecule has 0 atom stereocenters. The third-order valence-electron chi connectivity index (χ3n) is 6.60. The number of carbonyl (C=O) groups is 3. The molecule has 0 bridgehead atoms. The van der Waals surface area contributed by atoms with Gasteiger partial charge in [-0.05, 0) is 74.2 Å². The van der Waals surface area contributed by atoms with Crippen molar-refractivity contribution in [3.05, 3.63) is 59.2 Å². The normalized spacial score (nSPS) is 16.3. The van der Waals surface area contributed by atoms with E-state index in [9.17, 15) is 22.8 Å². The molecule has 10 heteroatoms. The number of hydrogen-bond acceptors (Lipinski definition) is 5. The largest absolute Gasteiger partial charge is 0.335 e. The SMILES string of the molecule is Cc1ccc(S(=O)(=O)Nc2ccc(C(=O)N3CCN(C(=O)C(=O)N4CCCC4)CC3)cc2)cc1C. The van der Waals surface area contributed by atoms with Crippen LogP contribution in [0.1, 0.15) is 34.3 Å². The van der Waals surface area contributed by atoms with Crippen molar-refractivity contribution < 1.29 is 22.8 Å². The van der Waals surface area contributed by atoms with Gasteiger partial charge in [0, 0.05) is 50.5 Å². The molecule has 9 nitrogen and oxygen atoms in total. The van der Waals surface area contributed by atoms with Gasteiger partial charge in [-0.3, -0.25) is 19.1 Å². The Labute approximate surface area is 205 Å². The number of sulfonamides is 1.